The average molecular weight is 701 g/mol. The highest BCUT2D eigenvalue weighted by molar-refractivity contribution is 5.95. The van der Waals surface area contributed by atoms with E-state index in [0.717, 1.165) is 77.3 Å². The van der Waals surface area contributed by atoms with Crippen LogP contribution in [0.25, 0.3) is 0 Å². The first-order valence-corrected chi connectivity index (χ1v) is 20.2. The van der Waals surface area contributed by atoms with Gasteiger partial charge in [0, 0.05) is 43.2 Å². The maximum Gasteiger partial charge on any atom is 0.311 e. The number of carbonyl (C=O) groups excluding carboxylic acids is 3. The molecular weight excluding hydrogens is 636 g/mol. The Morgan fingerprint density at radius 3 is 2.43 bits per heavy atom. The van der Waals surface area contributed by atoms with Gasteiger partial charge in [0.2, 0.25) is 0 Å². The number of aromatic nitrogens is 1. The highest BCUT2D eigenvalue weighted by Crippen LogP contribution is 2.75. The Morgan fingerprint density at radius 1 is 0.941 bits per heavy atom. The van der Waals surface area contributed by atoms with Gasteiger partial charge in [-0.25, -0.2) is 0 Å². The van der Waals surface area contributed by atoms with E-state index in [0.29, 0.717) is 24.3 Å². The molecule has 0 bridgehead atoms. The Hall–Kier alpha value is -2.54. The smallest absolute Gasteiger partial charge is 0.311 e. The fourth-order valence-electron chi connectivity index (χ4n) is 13.4. The minimum atomic E-state index is -0.572. The van der Waals surface area contributed by atoms with Crippen LogP contribution >= 0.6 is 0 Å². The van der Waals surface area contributed by atoms with Crippen molar-refractivity contribution in [3.8, 4) is 0 Å². The molecule has 0 aromatic carbocycles. The molecule has 5 aliphatic carbocycles. The lowest BCUT2D eigenvalue weighted by Crippen LogP contribution is -2.66. The number of carbonyl (C=O) groups is 3. The minimum Gasteiger partial charge on any atom is -0.464 e. The number of likely N-dealkylation sites (tertiary alicyclic amines) is 1. The maximum absolute atomic E-state index is 14.8. The van der Waals surface area contributed by atoms with E-state index in [1.807, 2.05) is 18.5 Å². The molecule has 280 valence electrons. The van der Waals surface area contributed by atoms with Gasteiger partial charge in [-0.15, -0.1) is 0 Å². The Bertz CT molecular complexity index is 1570. The molecule has 7 nitrogen and oxygen atoms in total. The number of ketones is 1. The molecule has 7 heteroatoms. The summed E-state index contributed by atoms with van der Waals surface area (Å²) >= 11 is 0. The van der Waals surface area contributed by atoms with Crippen LogP contribution in [0.3, 0.4) is 0 Å². The van der Waals surface area contributed by atoms with E-state index in [4.69, 9.17) is 9.47 Å². The Morgan fingerprint density at radius 2 is 1.71 bits per heavy atom. The normalized spacial score (nSPS) is 43.4. The summed E-state index contributed by atoms with van der Waals surface area (Å²) in [6.07, 6.45) is 17.8. The number of pyridine rings is 1. The number of rotatable bonds is 6. The van der Waals surface area contributed by atoms with E-state index in [9.17, 15) is 14.4 Å². The van der Waals surface area contributed by atoms with Crippen LogP contribution in [0.2, 0.25) is 0 Å². The van der Waals surface area contributed by atoms with E-state index in [1.54, 1.807) is 0 Å². The summed E-state index contributed by atoms with van der Waals surface area (Å²) in [6.45, 7) is 20.0. The summed E-state index contributed by atoms with van der Waals surface area (Å²) in [5.41, 5.74) is 1.43. The van der Waals surface area contributed by atoms with Crippen molar-refractivity contribution in [2.24, 2.45) is 50.2 Å². The quantitative estimate of drug-likeness (QED) is 0.274. The first-order valence-electron chi connectivity index (χ1n) is 20.2. The minimum absolute atomic E-state index is 0.0652. The molecule has 0 N–H and O–H groups in total. The number of esters is 2. The third-order valence-corrected chi connectivity index (χ3v) is 16.6. The summed E-state index contributed by atoms with van der Waals surface area (Å²) in [4.78, 5) is 47.8. The van der Waals surface area contributed by atoms with Crippen molar-refractivity contribution in [3.05, 3.63) is 41.7 Å². The first kappa shape index (κ1) is 36.8. The molecule has 0 spiro atoms. The largest absolute Gasteiger partial charge is 0.464 e. The number of piperidine rings is 1. The van der Waals surface area contributed by atoms with Crippen LogP contribution in [0.5, 0.6) is 0 Å². The van der Waals surface area contributed by atoms with Gasteiger partial charge in [0.05, 0.1) is 5.41 Å². The van der Waals surface area contributed by atoms with Crippen molar-refractivity contribution in [1.29, 1.82) is 0 Å². The van der Waals surface area contributed by atoms with Crippen molar-refractivity contribution in [2.45, 2.75) is 145 Å². The van der Waals surface area contributed by atoms with Crippen LogP contribution in [0.1, 0.15) is 144 Å². The molecule has 51 heavy (non-hydrogen) atoms. The molecule has 1 aliphatic heterocycles. The zero-order chi connectivity index (χ0) is 36.6. The zero-order valence-corrected chi connectivity index (χ0v) is 32.8. The summed E-state index contributed by atoms with van der Waals surface area (Å²) in [5.74, 6) is 0.430. The average Bonchev–Trinajstić information content (AvgIpc) is 3.08. The molecule has 5 fully saturated rings. The van der Waals surface area contributed by atoms with Gasteiger partial charge in [-0.3, -0.25) is 24.3 Å². The topological polar surface area (TPSA) is 85.8 Å². The van der Waals surface area contributed by atoms with E-state index >= 15 is 0 Å². The molecule has 7 rings (SSSR count). The molecule has 4 saturated carbocycles. The van der Waals surface area contributed by atoms with Crippen LogP contribution in [0, 0.1) is 50.2 Å². The third kappa shape index (κ3) is 5.76. The fraction of sp³-hybridized carbons (Fsp3) is 0.773. The van der Waals surface area contributed by atoms with Crippen molar-refractivity contribution in [3.63, 3.8) is 0 Å². The monoisotopic (exact) mass is 700 g/mol. The number of ether oxygens (including phenoxy) is 2. The molecule has 1 saturated heterocycles. The highest BCUT2D eigenvalue weighted by Gasteiger charge is 2.70. The zero-order valence-electron chi connectivity index (χ0n) is 32.8. The van der Waals surface area contributed by atoms with Crippen molar-refractivity contribution in [2.75, 3.05) is 19.7 Å². The Labute approximate surface area is 307 Å². The first-order chi connectivity index (χ1) is 24.0. The molecule has 10 atom stereocenters. The van der Waals surface area contributed by atoms with Crippen LogP contribution in [0.15, 0.2) is 36.2 Å². The summed E-state index contributed by atoms with van der Waals surface area (Å²) < 4.78 is 12.1. The van der Waals surface area contributed by atoms with Crippen molar-refractivity contribution in [1.82, 2.24) is 9.88 Å². The number of hydrogen-bond acceptors (Lipinski definition) is 7. The SMILES string of the molecule is CC(=O)O[C@@H]1CC[C@]2(C)[C@H](CC[C@]3(C)[C@@H]2C(=O)C=C2[C@@H]4C[C@](C)(C(=O)OCCN5CCCC[C@@H]5c5cccnc5)CC[C@@]4(C)CC[C@]23C)C1(C)C. The lowest BCUT2D eigenvalue weighted by Gasteiger charge is -2.70. The molecular formula is C44H64N2O5. The Balaban J connectivity index is 1.11. The van der Waals surface area contributed by atoms with Crippen molar-refractivity contribution >= 4 is 17.7 Å². The molecule has 2 heterocycles. The highest BCUT2D eigenvalue weighted by atomic mass is 16.5. The van der Waals surface area contributed by atoms with Crippen LogP contribution in [-0.4, -0.2) is 53.4 Å². The standard InChI is InChI=1S/C44H64N2O5/c1-29(47)51-36-15-16-42(6)35(39(36,2)3)14-17-44(8)37(42)34(48)26-31-32-27-41(5,19-18-40(32,4)20-21-43(31,44)7)38(49)50-25-24-46-23-10-9-13-33(46)30-12-11-22-45-28-30/h11-12,22,26,28,32-33,35-37H,9-10,13-21,23-25,27H2,1-8H3/t32-,33+,35+,36+,37+,40-,41+,42+,43+,44+/m0/s1. The lowest BCUT2D eigenvalue weighted by atomic mass is 9.33. The van der Waals surface area contributed by atoms with Crippen LogP contribution < -0.4 is 0 Å². The van der Waals surface area contributed by atoms with E-state index < -0.39 is 5.41 Å². The second-order valence-corrected chi connectivity index (χ2v) is 19.7. The molecule has 1 aromatic rings. The number of fused-ring (bicyclic) bond motifs is 7. The van der Waals surface area contributed by atoms with E-state index in [1.165, 1.54) is 30.9 Å². The molecule has 6 aliphatic rings. The van der Waals surface area contributed by atoms with E-state index in [-0.39, 0.29) is 57.0 Å². The Kier molecular flexibility index (Phi) is 9.24. The molecule has 0 amide bonds. The van der Waals surface area contributed by atoms with Crippen LogP contribution in [0.4, 0.5) is 0 Å². The number of hydrogen-bond donors (Lipinski definition) is 0. The van der Waals surface area contributed by atoms with E-state index in [2.05, 4.69) is 70.5 Å². The molecule has 1 aromatic heterocycles. The van der Waals surface area contributed by atoms with Gasteiger partial charge >= 0.3 is 11.9 Å². The fourth-order valence-corrected chi connectivity index (χ4v) is 13.4. The lowest BCUT2D eigenvalue weighted by molar-refractivity contribution is -0.210. The van der Waals surface area contributed by atoms with Gasteiger partial charge in [-0.2, -0.15) is 0 Å². The van der Waals surface area contributed by atoms with Gasteiger partial charge in [0.25, 0.3) is 0 Å². The second-order valence-electron chi connectivity index (χ2n) is 19.7. The molecule has 0 radical (unpaired) electrons. The third-order valence-electron chi connectivity index (χ3n) is 16.6. The second kappa shape index (κ2) is 12.8. The molecule has 0 unspecified atom stereocenters. The number of nitrogens with zero attached hydrogens (tertiary/aromatic N) is 2. The predicted octanol–water partition coefficient (Wildman–Crippen LogP) is 9.06. The van der Waals surface area contributed by atoms with Crippen molar-refractivity contribution < 1.29 is 23.9 Å². The van der Waals surface area contributed by atoms with Crippen LogP contribution in [-0.2, 0) is 23.9 Å². The summed E-state index contributed by atoms with van der Waals surface area (Å²) in [5, 5.41) is 0. The summed E-state index contributed by atoms with van der Waals surface area (Å²) in [6, 6.07) is 4.50. The maximum atomic E-state index is 14.8. The van der Waals surface area contributed by atoms with Gasteiger partial charge in [-0.05, 0) is 135 Å². The summed E-state index contributed by atoms with van der Waals surface area (Å²) in [7, 11) is 0. The van der Waals surface area contributed by atoms with Gasteiger partial charge < -0.3 is 9.47 Å². The van der Waals surface area contributed by atoms with Gasteiger partial charge in [0.15, 0.2) is 5.78 Å². The number of allylic oxidation sites excluding steroid dienone is 2. The van der Waals surface area contributed by atoms with Gasteiger partial charge in [-0.1, -0.05) is 59.6 Å². The van der Waals surface area contributed by atoms with Gasteiger partial charge in [0.1, 0.15) is 12.7 Å². The predicted molar refractivity (Wildman–Crippen MR) is 198 cm³/mol.